The molecule has 0 spiro atoms. The van der Waals surface area contributed by atoms with Gasteiger partial charge in [-0.15, -0.1) is 0 Å². The molecule has 2 N–H and O–H groups in total. The molecule has 0 saturated carbocycles. The van der Waals surface area contributed by atoms with E-state index in [0.29, 0.717) is 23.0 Å². The molecule has 7 heteroatoms. The molecule has 2 heterocycles. The fourth-order valence-electron chi connectivity index (χ4n) is 4.43. The second-order valence-electron chi connectivity index (χ2n) is 8.15. The zero-order chi connectivity index (χ0) is 22.9. The third kappa shape index (κ3) is 3.82. The first kappa shape index (κ1) is 20.8. The predicted octanol–water partition coefficient (Wildman–Crippen LogP) is 3.52. The number of nitrogens with zero attached hydrogens (tertiary/aromatic N) is 2. The molecule has 0 saturated heterocycles. The molecule has 0 aliphatic carbocycles. The fraction of sp³-hybridized carbons (Fsp3) is 0.192. The van der Waals surface area contributed by atoms with E-state index >= 15 is 0 Å². The molecule has 0 fully saturated rings. The molecular formula is C26H24N4O3. The molecule has 1 aliphatic rings. The second kappa shape index (κ2) is 8.43. The first-order valence-corrected chi connectivity index (χ1v) is 11.0. The summed E-state index contributed by atoms with van der Waals surface area (Å²) in [4.78, 5) is 42.7. The summed E-state index contributed by atoms with van der Waals surface area (Å²) in [6, 6.07) is 20.9. The van der Waals surface area contributed by atoms with Crippen molar-refractivity contribution in [1.29, 1.82) is 0 Å². The average molecular weight is 441 g/mol. The van der Waals surface area contributed by atoms with Crippen molar-refractivity contribution in [2.75, 3.05) is 16.8 Å². The quantitative estimate of drug-likeness (QED) is 0.497. The van der Waals surface area contributed by atoms with Crippen molar-refractivity contribution in [3.63, 3.8) is 0 Å². The van der Waals surface area contributed by atoms with E-state index in [0.717, 1.165) is 28.8 Å². The highest BCUT2D eigenvalue weighted by Gasteiger charge is 2.20. The highest BCUT2D eigenvalue weighted by atomic mass is 16.2. The number of fused-ring (bicyclic) bond motifs is 2. The Morgan fingerprint density at radius 2 is 1.82 bits per heavy atom. The molecule has 1 aliphatic heterocycles. The lowest BCUT2D eigenvalue weighted by Gasteiger charge is -2.21. The SMILES string of the molecule is CCn1c(=O)[nH]c2cc(C(=O)Nc3ccccc3CN3CCc4ccccc43)ccc2c1=O. The van der Waals surface area contributed by atoms with Crippen LogP contribution in [0.1, 0.15) is 28.4 Å². The van der Waals surface area contributed by atoms with Crippen molar-refractivity contribution in [3.05, 3.63) is 104 Å². The van der Waals surface area contributed by atoms with Gasteiger partial charge in [-0.25, -0.2) is 4.79 Å². The van der Waals surface area contributed by atoms with Gasteiger partial charge in [-0.3, -0.25) is 14.2 Å². The van der Waals surface area contributed by atoms with Crippen LogP contribution in [-0.2, 0) is 19.5 Å². The molecule has 7 nitrogen and oxygen atoms in total. The number of benzene rings is 3. The maximum Gasteiger partial charge on any atom is 0.328 e. The van der Waals surface area contributed by atoms with Gasteiger partial charge >= 0.3 is 5.69 Å². The second-order valence-corrected chi connectivity index (χ2v) is 8.15. The van der Waals surface area contributed by atoms with Crippen LogP contribution in [0, 0.1) is 0 Å². The zero-order valence-corrected chi connectivity index (χ0v) is 18.3. The van der Waals surface area contributed by atoms with Gasteiger partial charge in [0.15, 0.2) is 0 Å². The van der Waals surface area contributed by atoms with Crippen LogP contribution in [0.2, 0.25) is 0 Å². The Labute approximate surface area is 190 Å². The van der Waals surface area contributed by atoms with Gasteiger partial charge < -0.3 is 15.2 Å². The lowest BCUT2D eigenvalue weighted by atomic mass is 10.1. The third-order valence-corrected chi connectivity index (χ3v) is 6.17. The standard InChI is InChI=1S/C26H24N4O3/c1-2-30-25(32)20-12-11-18(15-22(20)28-26(30)33)24(31)27-21-9-5-3-8-19(21)16-29-14-13-17-7-4-6-10-23(17)29/h3-12,15H,2,13-14,16H2,1H3,(H,27,31)(H,28,33). The molecule has 0 atom stereocenters. The number of rotatable bonds is 5. The summed E-state index contributed by atoms with van der Waals surface area (Å²) in [5.74, 6) is -0.299. The zero-order valence-electron chi connectivity index (χ0n) is 18.3. The van der Waals surface area contributed by atoms with Gasteiger partial charge in [0.25, 0.3) is 11.5 Å². The van der Waals surface area contributed by atoms with Crippen LogP contribution >= 0.6 is 0 Å². The predicted molar refractivity (Wildman–Crippen MR) is 130 cm³/mol. The fourth-order valence-corrected chi connectivity index (χ4v) is 4.43. The highest BCUT2D eigenvalue weighted by Crippen LogP contribution is 2.30. The Kier molecular flexibility index (Phi) is 5.30. The maximum absolute atomic E-state index is 13.0. The van der Waals surface area contributed by atoms with Crippen molar-refractivity contribution in [3.8, 4) is 0 Å². The van der Waals surface area contributed by atoms with Gasteiger partial charge in [-0.1, -0.05) is 36.4 Å². The number of nitrogens with one attached hydrogen (secondary N) is 2. The van der Waals surface area contributed by atoms with Crippen LogP contribution in [0.5, 0.6) is 0 Å². The molecule has 1 aromatic heterocycles. The number of hydrogen-bond donors (Lipinski definition) is 2. The summed E-state index contributed by atoms with van der Waals surface area (Å²) in [5.41, 5.74) is 4.20. The normalized spacial score (nSPS) is 12.7. The number of hydrogen-bond acceptors (Lipinski definition) is 4. The minimum absolute atomic E-state index is 0.282. The number of aromatic nitrogens is 2. The van der Waals surface area contributed by atoms with E-state index in [1.807, 2.05) is 30.3 Å². The largest absolute Gasteiger partial charge is 0.367 e. The van der Waals surface area contributed by atoms with Crippen LogP contribution in [0.25, 0.3) is 10.9 Å². The molecule has 5 rings (SSSR count). The summed E-state index contributed by atoms with van der Waals surface area (Å²) in [7, 11) is 0. The van der Waals surface area contributed by atoms with Crippen LogP contribution in [0.15, 0.2) is 76.3 Å². The lowest BCUT2D eigenvalue weighted by molar-refractivity contribution is 0.102. The topological polar surface area (TPSA) is 87.2 Å². The minimum atomic E-state index is -0.483. The number of carbonyl (C=O) groups excluding carboxylic acids is 1. The number of amides is 1. The monoisotopic (exact) mass is 440 g/mol. The summed E-state index contributed by atoms with van der Waals surface area (Å²) < 4.78 is 1.13. The smallest absolute Gasteiger partial charge is 0.328 e. The molecule has 3 aromatic carbocycles. The molecule has 33 heavy (non-hydrogen) atoms. The highest BCUT2D eigenvalue weighted by molar-refractivity contribution is 6.06. The molecule has 4 aromatic rings. The van der Waals surface area contributed by atoms with Crippen LogP contribution < -0.4 is 21.5 Å². The van der Waals surface area contributed by atoms with Crippen molar-refractivity contribution in [2.45, 2.75) is 26.4 Å². The van der Waals surface area contributed by atoms with Gasteiger partial charge in [0.1, 0.15) is 0 Å². The Balaban J connectivity index is 1.41. The van der Waals surface area contributed by atoms with E-state index in [1.54, 1.807) is 25.1 Å². The Hall–Kier alpha value is -4.13. The van der Waals surface area contributed by atoms with Crippen molar-refractivity contribution < 1.29 is 4.79 Å². The molecule has 0 bridgehead atoms. The number of aromatic amines is 1. The van der Waals surface area contributed by atoms with Crippen molar-refractivity contribution >= 4 is 28.2 Å². The van der Waals surface area contributed by atoms with Gasteiger partial charge in [-0.05, 0) is 54.8 Å². The number of H-pyrrole nitrogens is 1. The molecule has 1 amide bonds. The molecule has 166 valence electrons. The van der Waals surface area contributed by atoms with E-state index in [1.165, 1.54) is 11.3 Å². The first-order chi connectivity index (χ1) is 16.0. The number of para-hydroxylation sites is 2. The molecule has 0 radical (unpaired) electrons. The van der Waals surface area contributed by atoms with Gasteiger partial charge in [0.05, 0.1) is 10.9 Å². The Morgan fingerprint density at radius 1 is 1.03 bits per heavy atom. The van der Waals surface area contributed by atoms with Gasteiger partial charge in [-0.2, -0.15) is 0 Å². The van der Waals surface area contributed by atoms with Crippen LogP contribution in [0.4, 0.5) is 11.4 Å². The Bertz CT molecular complexity index is 1490. The third-order valence-electron chi connectivity index (χ3n) is 6.17. The summed E-state index contributed by atoms with van der Waals surface area (Å²) >= 11 is 0. The van der Waals surface area contributed by atoms with E-state index in [2.05, 4.69) is 33.4 Å². The lowest BCUT2D eigenvalue weighted by Crippen LogP contribution is -2.34. The summed E-state index contributed by atoms with van der Waals surface area (Å²) in [6.07, 6.45) is 1.01. The van der Waals surface area contributed by atoms with Gasteiger partial charge in [0, 0.05) is 36.6 Å². The first-order valence-electron chi connectivity index (χ1n) is 11.0. The molecule has 0 unspecified atom stereocenters. The van der Waals surface area contributed by atoms with Crippen molar-refractivity contribution in [1.82, 2.24) is 9.55 Å². The van der Waals surface area contributed by atoms with Crippen LogP contribution in [0.3, 0.4) is 0 Å². The van der Waals surface area contributed by atoms with E-state index in [-0.39, 0.29) is 18.0 Å². The van der Waals surface area contributed by atoms with Crippen LogP contribution in [-0.4, -0.2) is 22.0 Å². The van der Waals surface area contributed by atoms with E-state index in [9.17, 15) is 14.4 Å². The number of carbonyl (C=O) groups is 1. The van der Waals surface area contributed by atoms with E-state index in [4.69, 9.17) is 0 Å². The minimum Gasteiger partial charge on any atom is -0.367 e. The average Bonchev–Trinajstić information content (AvgIpc) is 3.23. The Morgan fingerprint density at radius 3 is 2.67 bits per heavy atom. The van der Waals surface area contributed by atoms with Crippen molar-refractivity contribution in [2.24, 2.45) is 0 Å². The molecular weight excluding hydrogens is 416 g/mol. The van der Waals surface area contributed by atoms with Gasteiger partial charge in [0.2, 0.25) is 0 Å². The van der Waals surface area contributed by atoms with E-state index < -0.39 is 5.69 Å². The summed E-state index contributed by atoms with van der Waals surface area (Å²) in [5, 5.41) is 3.38. The summed E-state index contributed by atoms with van der Waals surface area (Å²) in [6.45, 7) is 3.65. The maximum atomic E-state index is 13.0. The number of anilines is 2.